The topological polar surface area (TPSA) is 38.3 Å². The number of amides is 1. The summed E-state index contributed by atoms with van der Waals surface area (Å²) >= 11 is 0. The van der Waals surface area contributed by atoms with E-state index < -0.39 is 0 Å². The van der Waals surface area contributed by atoms with Gasteiger partial charge in [-0.25, -0.2) is 0 Å². The molecule has 0 aromatic rings. The fourth-order valence-corrected chi connectivity index (χ4v) is 1.06. The van der Waals surface area contributed by atoms with E-state index in [1.165, 1.54) is 0 Å². The molecule has 0 rings (SSSR count). The van der Waals surface area contributed by atoms with Crippen LogP contribution in [-0.2, 0) is 9.53 Å². The molecule has 0 aromatic heterocycles. The number of hydrogen-bond acceptors (Lipinski definition) is 2. The minimum Gasteiger partial charge on any atom is -0.381 e. The van der Waals surface area contributed by atoms with Gasteiger partial charge in [-0.1, -0.05) is 27.7 Å². The van der Waals surface area contributed by atoms with Gasteiger partial charge >= 0.3 is 0 Å². The predicted molar refractivity (Wildman–Crippen MR) is 62.7 cm³/mol. The van der Waals surface area contributed by atoms with Crippen LogP contribution in [0.25, 0.3) is 0 Å². The normalized spacial score (nSPS) is 11.1. The highest BCUT2D eigenvalue weighted by atomic mass is 16.5. The molecule has 0 aliphatic heterocycles. The van der Waals surface area contributed by atoms with Crippen LogP contribution in [0.2, 0.25) is 0 Å². The maximum atomic E-state index is 11.2. The highest BCUT2D eigenvalue weighted by Crippen LogP contribution is 1.96. The number of rotatable bonds is 8. The molecule has 0 unspecified atom stereocenters. The third kappa shape index (κ3) is 9.73. The second-order valence-corrected chi connectivity index (χ2v) is 4.62. The largest absolute Gasteiger partial charge is 0.381 e. The molecule has 0 heterocycles. The van der Waals surface area contributed by atoms with Crippen molar-refractivity contribution in [2.24, 2.45) is 11.8 Å². The molecule has 3 heteroatoms. The second kappa shape index (κ2) is 8.72. The highest BCUT2D eigenvalue weighted by Gasteiger charge is 2.04. The van der Waals surface area contributed by atoms with Crippen LogP contribution in [0.15, 0.2) is 0 Å². The van der Waals surface area contributed by atoms with Crippen LogP contribution in [-0.4, -0.2) is 25.7 Å². The Morgan fingerprint density at radius 1 is 1.20 bits per heavy atom. The van der Waals surface area contributed by atoms with Crippen molar-refractivity contribution in [3.63, 3.8) is 0 Å². The van der Waals surface area contributed by atoms with Crippen molar-refractivity contribution in [2.75, 3.05) is 19.8 Å². The highest BCUT2D eigenvalue weighted by molar-refractivity contribution is 5.77. The zero-order valence-electron chi connectivity index (χ0n) is 10.5. The van der Waals surface area contributed by atoms with Crippen LogP contribution in [0.1, 0.15) is 40.5 Å². The van der Waals surface area contributed by atoms with E-state index in [1.807, 2.05) is 13.8 Å². The fourth-order valence-electron chi connectivity index (χ4n) is 1.06. The summed E-state index contributed by atoms with van der Waals surface area (Å²) in [5, 5.41) is 2.89. The first kappa shape index (κ1) is 14.4. The fraction of sp³-hybridized carbons (Fsp3) is 0.917. The Hall–Kier alpha value is -0.570. The van der Waals surface area contributed by atoms with Gasteiger partial charge in [0.25, 0.3) is 0 Å². The molecule has 3 nitrogen and oxygen atoms in total. The monoisotopic (exact) mass is 215 g/mol. The van der Waals surface area contributed by atoms with Gasteiger partial charge in [-0.2, -0.15) is 0 Å². The van der Waals surface area contributed by atoms with E-state index >= 15 is 0 Å². The maximum absolute atomic E-state index is 11.2. The Bertz CT molecular complexity index is 167. The van der Waals surface area contributed by atoms with Crippen molar-refractivity contribution in [1.82, 2.24) is 5.32 Å². The Morgan fingerprint density at radius 3 is 2.40 bits per heavy atom. The van der Waals surface area contributed by atoms with Crippen LogP contribution in [0.3, 0.4) is 0 Å². The third-order valence-corrected chi connectivity index (χ3v) is 1.99. The molecule has 0 saturated heterocycles. The summed E-state index contributed by atoms with van der Waals surface area (Å²) in [4.78, 5) is 11.2. The van der Waals surface area contributed by atoms with Crippen LogP contribution in [0.4, 0.5) is 0 Å². The number of hydrogen-bond donors (Lipinski definition) is 1. The summed E-state index contributed by atoms with van der Waals surface area (Å²) in [6, 6.07) is 0. The second-order valence-electron chi connectivity index (χ2n) is 4.62. The minimum atomic E-state index is 0.0854. The van der Waals surface area contributed by atoms with E-state index in [-0.39, 0.29) is 11.8 Å². The average molecular weight is 215 g/mol. The van der Waals surface area contributed by atoms with Crippen molar-refractivity contribution in [3.8, 4) is 0 Å². The Balaban J connectivity index is 3.15. The lowest BCUT2D eigenvalue weighted by Crippen LogP contribution is -2.28. The van der Waals surface area contributed by atoms with Crippen LogP contribution < -0.4 is 5.32 Å². The zero-order chi connectivity index (χ0) is 11.7. The van der Waals surface area contributed by atoms with Gasteiger partial charge in [0.2, 0.25) is 5.91 Å². The standard InChI is InChI=1S/C12H25NO2/c1-10(2)9-15-8-6-5-7-13-12(14)11(3)4/h10-11H,5-9H2,1-4H3,(H,13,14). The van der Waals surface area contributed by atoms with Crippen LogP contribution in [0, 0.1) is 11.8 Å². The quantitative estimate of drug-likeness (QED) is 0.630. The average Bonchev–Trinajstić information content (AvgIpc) is 2.15. The molecule has 0 aromatic carbocycles. The smallest absolute Gasteiger partial charge is 0.222 e. The SMILES string of the molecule is CC(C)COCCCCNC(=O)C(C)C. The van der Waals surface area contributed by atoms with Gasteiger partial charge < -0.3 is 10.1 Å². The predicted octanol–water partition coefficient (Wildman–Crippen LogP) is 2.21. The molecule has 0 bridgehead atoms. The summed E-state index contributed by atoms with van der Waals surface area (Å²) in [7, 11) is 0. The summed E-state index contributed by atoms with van der Waals surface area (Å²) in [6.07, 6.45) is 2.02. The molecule has 1 amide bonds. The van der Waals surface area contributed by atoms with E-state index in [0.29, 0.717) is 5.92 Å². The first-order valence-electron chi connectivity index (χ1n) is 5.89. The summed E-state index contributed by atoms with van der Waals surface area (Å²) in [5.74, 6) is 0.825. The van der Waals surface area contributed by atoms with E-state index in [4.69, 9.17) is 4.74 Å². The molecule has 1 N–H and O–H groups in total. The molecule has 0 fully saturated rings. The van der Waals surface area contributed by atoms with E-state index in [1.54, 1.807) is 0 Å². The Labute approximate surface area is 93.6 Å². The number of nitrogens with one attached hydrogen (secondary N) is 1. The minimum absolute atomic E-state index is 0.0854. The van der Waals surface area contributed by atoms with E-state index in [0.717, 1.165) is 32.6 Å². The Morgan fingerprint density at radius 2 is 1.87 bits per heavy atom. The molecular weight excluding hydrogens is 190 g/mol. The summed E-state index contributed by atoms with van der Waals surface area (Å²) in [5.41, 5.74) is 0. The molecular formula is C12H25NO2. The van der Waals surface area contributed by atoms with Gasteiger partial charge in [0.05, 0.1) is 0 Å². The number of unbranched alkanes of at least 4 members (excludes halogenated alkanes) is 1. The van der Waals surface area contributed by atoms with Crippen LogP contribution in [0.5, 0.6) is 0 Å². The number of ether oxygens (including phenoxy) is 1. The van der Waals surface area contributed by atoms with Crippen molar-refractivity contribution < 1.29 is 9.53 Å². The number of carbonyl (C=O) groups excluding carboxylic acids is 1. The van der Waals surface area contributed by atoms with Crippen molar-refractivity contribution in [1.29, 1.82) is 0 Å². The van der Waals surface area contributed by atoms with Gasteiger partial charge in [0.1, 0.15) is 0 Å². The van der Waals surface area contributed by atoms with Crippen molar-refractivity contribution in [2.45, 2.75) is 40.5 Å². The molecule has 0 radical (unpaired) electrons. The van der Waals surface area contributed by atoms with Gasteiger partial charge in [-0.05, 0) is 18.8 Å². The molecule has 90 valence electrons. The molecule has 15 heavy (non-hydrogen) atoms. The molecule has 0 spiro atoms. The van der Waals surface area contributed by atoms with Gasteiger partial charge in [0.15, 0.2) is 0 Å². The third-order valence-electron chi connectivity index (χ3n) is 1.99. The molecule has 0 saturated carbocycles. The number of carbonyl (C=O) groups is 1. The van der Waals surface area contributed by atoms with E-state index in [2.05, 4.69) is 19.2 Å². The van der Waals surface area contributed by atoms with E-state index in [9.17, 15) is 4.79 Å². The van der Waals surface area contributed by atoms with Crippen molar-refractivity contribution >= 4 is 5.91 Å². The summed E-state index contributed by atoms with van der Waals surface area (Å²) < 4.78 is 5.44. The van der Waals surface area contributed by atoms with Crippen LogP contribution >= 0.6 is 0 Å². The molecule has 0 atom stereocenters. The summed E-state index contributed by atoms with van der Waals surface area (Å²) in [6.45, 7) is 10.5. The van der Waals surface area contributed by atoms with Gasteiger partial charge in [-0.3, -0.25) is 4.79 Å². The van der Waals surface area contributed by atoms with Crippen molar-refractivity contribution in [3.05, 3.63) is 0 Å². The molecule has 0 aliphatic carbocycles. The maximum Gasteiger partial charge on any atom is 0.222 e. The Kier molecular flexibility index (Phi) is 8.38. The lowest BCUT2D eigenvalue weighted by atomic mass is 10.2. The van der Waals surface area contributed by atoms with Gasteiger partial charge in [-0.15, -0.1) is 0 Å². The first-order valence-corrected chi connectivity index (χ1v) is 5.89. The van der Waals surface area contributed by atoms with Gasteiger partial charge in [0, 0.05) is 25.7 Å². The first-order chi connectivity index (χ1) is 7.04. The molecule has 0 aliphatic rings. The lowest BCUT2D eigenvalue weighted by molar-refractivity contribution is -0.123. The lowest BCUT2D eigenvalue weighted by Gasteiger charge is -2.08. The zero-order valence-corrected chi connectivity index (χ0v) is 10.5.